The fourth-order valence-corrected chi connectivity index (χ4v) is 2.30. The van der Waals surface area contributed by atoms with Gasteiger partial charge in [0.05, 0.1) is 18.7 Å². The van der Waals surface area contributed by atoms with Gasteiger partial charge in [-0.05, 0) is 42.3 Å². The molecule has 0 aromatic heterocycles. The molecule has 118 valence electrons. The lowest BCUT2D eigenvalue weighted by molar-refractivity contribution is 0.310. The highest BCUT2D eigenvalue weighted by molar-refractivity contribution is 6.30. The van der Waals surface area contributed by atoms with Gasteiger partial charge in [0.25, 0.3) is 0 Å². The average molecular weight is 324 g/mol. The van der Waals surface area contributed by atoms with Crippen LogP contribution in [0.1, 0.15) is 18.1 Å². The molecule has 0 saturated carbocycles. The zero-order valence-corrected chi connectivity index (χ0v) is 13.4. The Balaban J connectivity index is 1.96. The molecule has 2 aromatic rings. The highest BCUT2D eigenvalue weighted by Crippen LogP contribution is 2.28. The molecule has 5 heteroatoms. The molecule has 1 N–H and O–H groups in total. The molecular formula is C17H19ClFNO2. The molecule has 22 heavy (non-hydrogen) atoms. The number of halogens is 2. The summed E-state index contributed by atoms with van der Waals surface area (Å²) in [5.41, 5.74) is 2.02. The van der Waals surface area contributed by atoms with Crippen LogP contribution < -0.4 is 14.8 Å². The second kappa shape index (κ2) is 8.01. The van der Waals surface area contributed by atoms with Gasteiger partial charge >= 0.3 is 0 Å². The van der Waals surface area contributed by atoms with Crippen LogP contribution in [0, 0.1) is 5.82 Å². The Morgan fingerprint density at radius 2 is 1.73 bits per heavy atom. The maximum absolute atomic E-state index is 13.1. The van der Waals surface area contributed by atoms with E-state index < -0.39 is 5.82 Å². The summed E-state index contributed by atoms with van der Waals surface area (Å²) in [5.74, 6) is 1.05. The molecule has 0 aliphatic rings. The fraction of sp³-hybridized carbons (Fsp3) is 0.294. The first-order valence-corrected chi connectivity index (χ1v) is 7.46. The molecule has 0 aliphatic heterocycles. The third-order valence-electron chi connectivity index (χ3n) is 3.17. The molecule has 0 bridgehead atoms. The second-order valence-electron chi connectivity index (χ2n) is 4.77. The van der Waals surface area contributed by atoms with Crippen LogP contribution in [0.4, 0.5) is 4.39 Å². The molecule has 2 rings (SSSR count). The first-order chi connectivity index (χ1) is 10.6. The lowest BCUT2D eigenvalue weighted by Crippen LogP contribution is -2.13. The van der Waals surface area contributed by atoms with Crippen LogP contribution in [-0.2, 0) is 13.1 Å². The lowest BCUT2D eigenvalue weighted by atomic mass is 10.2. The van der Waals surface area contributed by atoms with Crippen molar-refractivity contribution < 1.29 is 13.9 Å². The fourth-order valence-electron chi connectivity index (χ4n) is 2.10. The van der Waals surface area contributed by atoms with E-state index in [1.165, 1.54) is 6.07 Å². The summed E-state index contributed by atoms with van der Waals surface area (Å²) in [6.07, 6.45) is 0. The van der Waals surface area contributed by atoms with Crippen LogP contribution in [0.3, 0.4) is 0 Å². The number of rotatable bonds is 7. The van der Waals surface area contributed by atoms with Gasteiger partial charge in [-0.15, -0.1) is 0 Å². The summed E-state index contributed by atoms with van der Waals surface area (Å²) >= 11 is 5.77. The Hall–Kier alpha value is -1.78. The Kier molecular flexibility index (Phi) is 6.04. The molecule has 0 radical (unpaired) electrons. The Morgan fingerprint density at radius 3 is 2.36 bits per heavy atom. The van der Waals surface area contributed by atoms with Crippen LogP contribution >= 0.6 is 11.6 Å². The van der Waals surface area contributed by atoms with Crippen molar-refractivity contribution in [2.45, 2.75) is 20.0 Å². The summed E-state index contributed by atoms with van der Waals surface area (Å²) in [5, 5.41) is 3.44. The number of benzene rings is 2. The molecular weight excluding hydrogens is 305 g/mol. The number of methoxy groups -OCH3 is 1. The van der Waals surface area contributed by atoms with Crippen molar-refractivity contribution >= 4 is 11.6 Å². The Bertz CT molecular complexity index is 634. The van der Waals surface area contributed by atoms with Crippen LogP contribution in [0.25, 0.3) is 0 Å². The van der Waals surface area contributed by atoms with Gasteiger partial charge in [0.1, 0.15) is 5.82 Å². The van der Waals surface area contributed by atoms with Gasteiger partial charge in [0, 0.05) is 13.1 Å². The molecule has 0 aliphatic carbocycles. The minimum Gasteiger partial charge on any atom is -0.493 e. The highest BCUT2D eigenvalue weighted by atomic mass is 35.5. The summed E-state index contributed by atoms with van der Waals surface area (Å²) in [6, 6.07) is 10.5. The van der Waals surface area contributed by atoms with Crippen molar-refractivity contribution in [1.29, 1.82) is 0 Å². The first-order valence-electron chi connectivity index (χ1n) is 7.08. The zero-order chi connectivity index (χ0) is 15.9. The van der Waals surface area contributed by atoms with Crippen LogP contribution in [0.15, 0.2) is 36.4 Å². The molecule has 0 saturated heterocycles. The number of ether oxygens (including phenoxy) is 2. The van der Waals surface area contributed by atoms with Gasteiger partial charge in [-0.1, -0.05) is 23.7 Å². The summed E-state index contributed by atoms with van der Waals surface area (Å²) in [7, 11) is 1.62. The van der Waals surface area contributed by atoms with E-state index in [4.69, 9.17) is 21.1 Å². The highest BCUT2D eigenvalue weighted by Gasteiger charge is 2.05. The SMILES string of the molecule is CCOc1cc(CNCc2ccc(F)c(Cl)c2)ccc1OC. The first kappa shape index (κ1) is 16.6. The van der Waals surface area contributed by atoms with E-state index in [9.17, 15) is 4.39 Å². The van der Waals surface area contributed by atoms with Gasteiger partial charge < -0.3 is 14.8 Å². The van der Waals surface area contributed by atoms with E-state index in [-0.39, 0.29) is 5.02 Å². The molecule has 0 atom stereocenters. The zero-order valence-electron chi connectivity index (χ0n) is 12.7. The smallest absolute Gasteiger partial charge is 0.161 e. The minimum absolute atomic E-state index is 0.141. The largest absolute Gasteiger partial charge is 0.493 e. The normalized spacial score (nSPS) is 10.5. The van der Waals surface area contributed by atoms with E-state index in [0.29, 0.717) is 19.7 Å². The molecule has 0 fully saturated rings. The predicted octanol–water partition coefficient (Wildman–Crippen LogP) is 4.18. The van der Waals surface area contributed by atoms with E-state index in [0.717, 1.165) is 22.6 Å². The molecule has 0 amide bonds. The topological polar surface area (TPSA) is 30.5 Å². The Labute approximate surface area is 135 Å². The van der Waals surface area contributed by atoms with Crippen LogP contribution in [0.5, 0.6) is 11.5 Å². The maximum Gasteiger partial charge on any atom is 0.161 e. The van der Waals surface area contributed by atoms with Gasteiger partial charge in [-0.25, -0.2) is 4.39 Å². The van der Waals surface area contributed by atoms with Crippen LogP contribution in [0.2, 0.25) is 5.02 Å². The van der Waals surface area contributed by atoms with Gasteiger partial charge in [0.15, 0.2) is 11.5 Å². The van der Waals surface area contributed by atoms with Gasteiger partial charge in [0.2, 0.25) is 0 Å². The van der Waals surface area contributed by atoms with E-state index in [1.54, 1.807) is 19.2 Å². The number of nitrogens with one attached hydrogen (secondary N) is 1. The monoisotopic (exact) mass is 323 g/mol. The van der Waals surface area contributed by atoms with Crippen molar-refractivity contribution in [3.8, 4) is 11.5 Å². The second-order valence-corrected chi connectivity index (χ2v) is 5.18. The molecule has 3 nitrogen and oxygen atoms in total. The minimum atomic E-state index is -0.401. The van der Waals surface area contributed by atoms with Crippen molar-refractivity contribution in [3.05, 3.63) is 58.4 Å². The molecule has 0 heterocycles. The molecule has 2 aromatic carbocycles. The average Bonchev–Trinajstić information content (AvgIpc) is 2.51. The Morgan fingerprint density at radius 1 is 1.05 bits per heavy atom. The molecule has 0 unspecified atom stereocenters. The van der Waals surface area contributed by atoms with Crippen molar-refractivity contribution in [2.24, 2.45) is 0 Å². The number of hydrogen-bond acceptors (Lipinski definition) is 3. The lowest BCUT2D eigenvalue weighted by Gasteiger charge is -2.12. The van der Waals surface area contributed by atoms with Crippen molar-refractivity contribution in [1.82, 2.24) is 5.32 Å². The van der Waals surface area contributed by atoms with Crippen molar-refractivity contribution in [3.63, 3.8) is 0 Å². The number of hydrogen-bond donors (Lipinski definition) is 1. The van der Waals surface area contributed by atoms with E-state index >= 15 is 0 Å². The summed E-state index contributed by atoms with van der Waals surface area (Å²) < 4.78 is 23.9. The van der Waals surface area contributed by atoms with Crippen LogP contribution in [-0.4, -0.2) is 13.7 Å². The van der Waals surface area contributed by atoms with Gasteiger partial charge in [-0.2, -0.15) is 0 Å². The summed E-state index contributed by atoms with van der Waals surface area (Å²) in [6.45, 7) is 3.79. The van der Waals surface area contributed by atoms with Crippen molar-refractivity contribution in [2.75, 3.05) is 13.7 Å². The third kappa shape index (κ3) is 4.36. The van der Waals surface area contributed by atoms with E-state index in [1.807, 2.05) is 25.1 Å². The van der Waals surface area contributed by atoms with E-state index in [2.05, 4.69) is 5.32 Å². The maximum atomic E-state index is 13.1. The summed E-state index contributed by atoms with van der Waals surface area (Å²) in [4.78, 5) is 0. The molecule has 0 spiro atoms. The predicted molar refractivity (Wildman–Crippen MR) is 86.1 cm³/mol. The quantitative estimate of drug-likeness (QED) is 0.829. The standard InChI is InChI=1S/C17H19ClFNO2/c1-3-22-17-9-13(5-7-16(17)21-2)11-20-10-12-4-6-15(19)14(18)8-12/h4-9,20H,3,10-11H2,1-2H3. The third-order valence-corrected chi connectivity index (χ3v) is 3.46. The van der Waals surface area contributed by atoms with Gasteiger partial charge in [-0.3, -0.25) is 0 Å².